The quantitative estimate of drug-likeness (QED) is 0.420. The second kappa shape index (κ2) is 9.56. The van der Waals surface area contributed by atoms with Crippen LogP contribution in [0.25, 0.3) is 11.4 Å². The summed E-state index contributed by atoms with van der Waals surface area (Å²) in [5.41, 5.74) is 5.28. The first-order chi connectivity index (χ1) is 14.0. The first-order valence-electron chi connectivity index (χ1n) is 9.66. The molecular weight excluding hydrogens is 380 g/mol. The number of hydrogen-bond donors (Lipinski definition) is 1. The zero-order valence-electron chi connectivity index (χ0n) is 17.1. The lowest BCUT2D eigenvalue weighted by Gasteiger charge is -2.13. The fourth-order valence-electron chi connectivity index (χ4n) is 3.22. The molecule has 0 unspecified atom stereocenters. The maximum absolute atomic E-state index is 12.6. The van der Waals surface area contributed by atoms with Gasteiger partial charge in [0.05, 0.1) is 5.75 Å². The monoisotopic (exact) mass is 406 g/mol. The van der Waals surface area contributed by atoms with Crippen molar-refractivity contribution in [3.05, 3.63) is 71.8 Å². The molecule has 0 fully saturated rings. The van der Waals surface area contributed by atoms with Crippen LogP contribution in [0.3, 0.4) is 0 Å². The number of hydrogen-bond acceptors (Lipinski definition) is 4. The Kier molecular flexibility index (Phi) is 6.88. The molecule has 1 aromatic heterocycles. The van der Waals surface area contributed by atoms with E-state index < -0.39 is 0 Å². The van der Waals surface area contributed by atoms with Gasteiger partial charge in [0.25, 0.3) is 0 Å². The normalized spacial score (nSPS) is 10.7. The van der Waals surface area contributed by atoms with Gasteiger partial charge in [-0.3, -0.25) is 9.36 Å². The predicted molar refractivity (Wildman–Crippen MR) is 120 cm³/mol. The van der Waals surface area contributed by atoms with Gasteiger partial charge in [-0.2, -0.15) is 0 Å². The number of thioether (sulfide) groups is 1. The molecule has 1 heterocycles. The molecule has 150 valence electrons. The largest absolute Gasteiger partial charge is 0.325 e. The third-order valence-electron chi connectivity index (χ3n) is 4.75. The number of carbonyl (C=O) groups excluding carboxylic acids is 1. The molecule has 0 aliphatic heterocycles. The Bertz CT molecular complexity index is 1030. The molecule has 29 heavy (non-hydrogen) atoms. The first kappa shape index (κ1) is 20.9. The van der Waals surface area contributed by atoms with E-state index in [1.807, 2.05) is 54.0 Å². The van der Waals surface area contributed by atoms with E-state index in [1.54, 1.807) is 0 Å². The van der Waals surface area contributed by atoms with E-state index in [0.717, 1.165) is 40.2 Å². The molecule has 0 aliphatic carbocycles. The Balaban J connectivity index is 1.77. The summed E-state index contributed by atoms with van der Waals surface area (Å²) in [5, 5.41) is 12.5. The van der Waals surface area contributed by atoms with E-state index in [2.05, 4.69) is 42.0 Å². The number of para-hydroxylation sites is 1. The summed E-state index contributed by atoms with van der Waals surface area (Å²) in [7, 11) is 0. The molecule has 5 nitrogen and oxygen atoms in total. The standard InChI is InChI=1S/C23H26N4OS/c1-5-14-27-22(19-13-8-7-10-16(19)3)25-26-23(27)29-15-20(28)24-21-17(4)11-9-12-18(21)6-2/h5,7-13H,1,6,14-15H2,2-4H3,(H,24,28). The molecule has 1 N–H and O–H groups in total. The Morgan fingerprint density at radius 1 is 1.14 bits per heavy atom. The van der Waals surface area contributed by atoms with Crippen LogP contribution in [-0.2, 0) is 17.8 Å². The average Bonchev–Trinajstić information content (AvgIpc) is 3.11. The number of nitrogens with one attached hydrogen (secondary N) is 1. The van der Waals surface area contributed by atoms with E-state index in [1.165, 1.54) is 11.8 Å². The number of aryl methyl sites for hydroxylation is 3. The number of aromatic nitrogens is 3. The van der Waals surface area contributed by atoms with Crippen molar-refractivity contribution < 1.29 is 4.79 Å². The fraction of sp³-hybridized carbons (Fsp3) is 0.261. The zero-order chi connectivity index (χ0) is 20.8. The maximum atomic E-state index is 12.6. The van der Waals surface area contributed by atoms with Gasteiger partial charge in [0.15, 0.2) is 11.0 Å². The first-order valence-corrected chi connectivity index (χ1v) is 10.6. The SMILES string of the molecule is C=CCn1c(SCC(=O)Nc2c(C)cccc2CC)nnc1-c1ccccc1C. The molecule has 3 aromatic rings. The van der Waals surface area contributed by atoms with Crippen LogP contribution in [-0.4, -0.2) is 26.4 Å². The highest BCUT2D eigenvalue weighted by molar-refractivity contribution is 7.99. The molecule has 0 aliphatic rings. The topological polar surface area (TPSA) is 59.8 Å². The second-order valence-corrected chi connectivity index (χ2v) is 7.76. The number of benzene rings is 2. The Labute approximate surface area is 176 Å². The fourth-order valence-corrected chi connectivity index (χ4v) is 3.97. The van der Waals surface area contributed by atoms with Crippen molar-refractivity contribution >= 4 is 23.4 Å². The smallest absolute Gasteiger partial charge is 0.234 e. The van der Waals surface area contributed by atoms with Crippen molar-refractivity contribution in [2.75, 3.05) is 11.1 Å². The van der Waals surface area contributed by atoms with Gasteiger partial charge in [-0.25, -0.2) is 0 Å². The summed E-state index contributed by atoms with van der Waals surface area (Å²) in [4.78, 5) is 12.6. The van der Waals surface area contributed by atoms with Crippen molar-refractivity contribution in [2.45, 2.75) is 38.9 Å². The van der Waals surface area contributed by atoms with Gasteiger partial charge < -0.3 is 5.32 Å². The number of rotatable bonds is 8. The molecule has 6 heteroatoms. The summed E-state index contributed by atoms with van der Waals surface area (Å²) in [6, 6.07) is 14.2. The van der Waals surface area contributed by atoms with Crippen LogP contribution in [0, 0.1) is 13.8 Å². The lowest BCUT2D eigenvalue weighted by Crippen LogP contribution is -2.16. The third-order valence-corrected chi connectivity index (χ3v) is 5.72. The van der Waals surface area contributed by atoms with Crippen LogP contribution in [0.4, 0.5) is 5.69 Å². The summed E-state index contributed by atoms with van der Waals surface area (Å²) in [6.07, 6.45) is 2.69. The third kappa shape index (κ3) is 4.77. The van der Waals surface area contributed by atoms with Gasteiger partial charge >= 0.3 is 0 Å². The minimum absolute atomic E-state index is 0.0513. The molecular formula is C23H26N4OS. The minimum atomic E-state index is -0.0513. The van der Waals surface area contributed by atoms with Crippen LogP contribution in [0.5, 0.6) is 0 Å². The number of amides is 1. The highest BCUT2D eigenvalue weighted by atomic mass is 32.2. The Morgan fingerprint density at radius 2 is 1.90 bits per heavy atom. The maximum Gasteiger partial charge on any atom is 0.234 e. The van der Waals surface area contributed by atoms with Gasteiger partial charge in [0, 0.05) is 17.8 Å². The van der Waals surface area contributed by atoms with Crippen molar-refractivity contribution in [3.8, 4) is 11.4 Å². The van der Waals surface area contributed by atoms with Gasteiger partial charge in [-0.05, 0) is 37.0 Å². The summed E-state index contributed by atoms with van der Waals surface area (Å²) in [5.74, 6) is 1.00. The molecule has 0 radical (unpaired) electrons. The molecule has 2 aromatic carbocycles. The van der Waals surface area contributed by atoms with Crippen molar-refractivity contribution in [3.63, 3.8) is 0 Å². The van der Waals surface area contributed by atoms with Crippen LogP contribution >= 0.6 is 11.8 Å². The number of carbonyl (C=O) groups is 1. The Morgan fingerprint density at radius 3 is 2.62 bits per heavy atom. The summed E-state index contributed by atoms with van der Waals surface area (Å²) < 4.78 is 2.00. The van der Waals surface area contributed by atoms with E-state index in [4.69, 9.17) is 0 Å². The molecule has 0 saturated heterocycles. The van der Waals surface area contributed by atoms with Crippen molar-refractivity contribution in [1.29, 1.82) is 0 Å². The van der Waals surface area contributed by atoms with Crippen LogP contribution in [0.15, 0.2) is 60.3 Å². The molecule has 0 spiro atoms. The number of nitrogens with zero attached hydrogens (tertiary/aromatic N) is 3. The van der Waals surface area contributed by atoms with Gasteiger partial charge in [0.2, 0.25) is 5.91 Å². The molecule has 0 bridgehead atoms. The Hall–Kier alpha value is -2.86. The van der Waals surface area contributed by atoms with Crippen LogP contribution in [0.1, 0.15) is 23.6 Å². The minimum Gasteiger partial charge on any atom is -0.325 e. The van der Waals surface area contributed by atoms with E-state index in [9.17, 15) is 4.79 Å². The van der Waals surface area contributed by atoms with Crippen molar-refractivity contribution in [1.82, 2.24) is 14.8 Å². The predicted octanol–water partition coefficient (Wildman–Crippen LogP) is 5.04. The molecule has 0 saturated carbocycles. The van der Waals surface area contributed by atoms with E-state index >= 15 is 0 Å². The highest BCUT2D eigenvalue weighted by Gasteiger charge is 2.16. The number of allylic oxidation sites excluding steroid dienone is 1. The molecule has 3 rings (SSSR count). The van der Waals surface area contributed by atoms with Crippen LogP contribution < -0.4 is 5.32 Å². The van der Waals surface area contributed by atoms with Gasteiger partial charge in [0.1, 0.15) is 0 Å². The lowest BCUT2D eigenvalue weighted by atomic mass is 10.1. The highest BCUT2D eigenvalue weighted by Crippen LogP contribution is 2.27. The van der Waals surface area contributed by atoms with Crippen LogP contribution in [0.2, 0.25) is 0 Å². The van der Waals surface area contributed by atoms with E-state index in [0.29, 0.717) is 11.7 Å². The molecule has 1 amide bonds. The average molecular weight is 407 g/mol. The summed E-state index contributed by atoms with van der Waals surface area (Å²) in [6.45, 7) is 10.6. The summed E-state index contributed by atoms with van der Waals surface area (Å²) >= 11 is 1.38. The zero-order valence-corrected chi connectivity index (χ0v) is 17.9. The van der Waals surface area contributed by atoms with E-state index in [-0.39, 0.29) is 11.7 Å². The van der Waals surface area contributed by atoms with Gasteiger partial charge in [-0.1, -0.05) is 67.2 Å². The lowest BCUT2D eigenvalue weighted by molar-refractivity contribution is -0.113. The number of anilines is 1. The van der Waals surface area contributed by atoms with Gasteiger partial charge in [-0.15, -0.1) is 16.8 Å². The van der Waals surface area contributed by atoms with Crippen molar-refractivity contribution in [2.24, 2.45) is 0 Å². The second-order valence-electron chi connectivity index (χ2n) is 6.82. The molecule has 0 atom stereocenters.